The highest BCUT2D eigenvalue weighted by Gasteiger charge is 1.97. The molecule has 0 aliphatic carbocycles. The molecule has 0 saturated carbocycles. The van der Waals surface area contributed by atoms with Crippen LogP contribution in [0.1, 0.15) is 5.56 Å². The number of hydrogen-bond acceptors (Lipinski definition) is 4. The molecule has 96 valence electrons. The van der Waals surface area contributed by atoms with E-state index in [1.807, 2.05) is 22.9 Å². The second-order valence-electron chi connectivity index (χ2n) is 3.38. The van der Waals surface area contributed by atoms with E-state index in [1.165, 1.54) is 5.56 Å². The van der Waals surface area contributed by atoms with Crippen molar-refractivity contribution in [3.05, 3.63) is 29.8 Å². The van der Waals surface area contributed by atoms with Gasteiger partial charge in [0.2, 0.25) is 0 Å². The normalized spacial score (nSPS) is 12.6. The lowest BCUT2D eigenvalue weighted by Crippen LogP contribution is -2.05. The van der Waals surface area contributed by atoms with Crippen LogP contribution < -0.4 is 16.2 Å². The smallest absolute Gasteiger partial charge is 0.118 e. The lowest BCUT2D eigenvalue weighted by molar-refractivity contribution is 0.415. The van der Waals surface area contributed by atoms with Crippen molar-refractivity contribution in [2.24, 2.45) is 11.5 Å². The van der Waals surface area contributed by atoms with Gasteiger partial charge in [-0.1, -0.05) is 22.9 Å². The predicted octanol–water partition coefficient (Wildman–Crippen LogP) is 1.68. The molecule has 0 radical (unpaired) electrons. The van der Waals surface area contributed by atoms with Crippen LogP contribution in [0.15, 0.2) is 24.3 Å². The molecule has 1 rings (SSSR count). The lowest BCUT2D eigenvalue weighted by Gasteiger charge is -2.07. The molecular weight excluding hydrogens is 252 g/mol. The Morgan fingerprint density at radius 3 is 2.47 bits per heavy atom. The first-order valence-electron chi connectivity index (χ1n) is 5.52. The monoisotopic (exact) mass is 272 g/mol. The third-order valence-corrected chi connectivity index (χ3v) is 6.13. The van der Waals surface area contributed by atoms with E-state index >= 15 is 0 Å². The quantitative estimate of drug-likeness (QED) is 0.585. The van der Waals surface area contributed by atoms with Gasteiger partial charge in [-0.15, -0.1) is 9.52 Å². The van der Waals surface area contributed by atoms with Crippen molar-refractivity contribution < 1.29 is 4.74 Å². The molecule has 0 fully saturated rings. The molecular formula is C12H20N2OS2. The Morgan fingerprint density at radius 1 is 1.24 bits per heavy atom. The molecule has 0 amide bonds. The number of methoxy groups -OCH3 is 1. The average molecular weight is 272 g/mol. The van der Waals surface area contributed by atoms with Gasteiger partial charge in [0.15, 0.2) is 0 Å². The van der Waals surface area contributed by atoms with E-state index in [-0.39, 0.29) is 9.52 Å². The minimum absolute atomic E-state index is 0.162. The summed E-state index contributed by atoms with van der Waals surface area (Å²) in [5, 5.41) is 2.27. The van der Waals surface area contributed by atoms with Gasteiger partial charge in [-0.2, -0.15) is 0 Å². The Morgan fingerprint density at radius 2 is 1.94 bits per heavy atom. The molecule has 1 atom stereocenters. The maximum Gasteiger partial charge on any atom is 0.118 e. The molecule has 0 aliphatic rings. The van der Waals surface area contributed by atoms with Crippen molar-refractivity contribution in [1.29, 1.82) is 0 Å². The van der Waals surface area contributed by atoms with E-state index in [0.29, 0.717) is 6.54 Å². The van der Waals surface area contributed by atoms with Crippen LogP contribution in [-0.2, 0) is 0 Å². The van der Waals surface area contributed by atoms with E-state index in [1.54, 1.807) is 7.11 Å². The van der Waals surface area contributed by atoms with E-state index in [9.17, 15) is 0 Å². The van der Waals surface area contributed by atoms with E-state index in [4.69, 9.17) is 16.2 Å². The number of nitrogens with two attached hydrogens (primary N) is 2. The predicted molar refractivity (Wildman–Crippen MR) is 81.2 cm³/mol. The number of benzene rings is 1. The summed E-state index contributed by atoms with van der Waals surface area (Å²) in [6.45, 7) is 1.43. The summed E-state index contributed by atoms with van der Waals surface area (Å²) in [7, 11) is 3.72. The van der Waals surface area contributed by atoms with Gasteiger partial charge < -0.3 is 16.2 Å². The van der Waals surface area contributed by atoms with Crippen LogP contribution in [0.4, 0.5) is 0 Å². The molecule has 17 heavy (non-hydrogen) atoms. The first-order chi connectivity index (χ1) is 8.30. The number of hydrogen-bond donors (Lipinski definition) is 2. The minimum Gasteiger partial charge on any atom is -0.497 e. The fourth-order valence-corrected chi connectivity index (χ4v) is 4.68. The number of rotatable bonds is 7. The van der Waals surface area contributed by atoms with Gasteiger partial charge in [0.25, 0.3) is 0 Å². The van der Waals surface area contributed by atoms with Gasteiger partial charge in [0.05, 0.1) is 7.11 Å². The van der Waals surface area contributed by atoms with Gasteiger partial charge in [-0.3, -0.25) is 0 Å². The molecule has 0 heterocycles. The summed E-state index contributed by atoms with van der Waals surface area (Å²) >= 11 is 0. The summed E-state index contributed by atoms with van der Waals surface area (Å²) in [4.78, 5) is 0. The van der Waals surface area contributed by atoms with Gasteiger partial charge in [0.1, 0.15) is 5.75 Å². The third-order valence-electron chi connectivity index (χ3n) is 2.05. The molecule has 4 N–H and O–H groups in total. The van der Waals surface area contributed by atoms with Crippen LogP contribution in [0.5, 0.6) is 5.75 Å². The van der Waals surface area contributed by atoms with Crippen molar-refractivity contribution in [2.75, 3.05) is 31.7 Å². The van der Waals surface area contributed by atoms with Crippen LogP contribution in [0.3, 0.4) is 0 Å². The molecule has 1 aromatic rings. The average Bonchev–Trinajstić information content (AvgIpc) is 2.37. The van der Waals surface area contributed by atoms with Gasteiger partial charge in [-0.05, 0) is 23.1 Å². The molecule has 0 aliphatic heterocycles. The Hall–Kier alpha value is -0.490. The topological polar surface area (TPSA) is 61.3 Å². The van der Waals surface area contributed by atoms with Crippen molar-refractivity contribution in [1.82, 2.24) is 0 Å². The summed E-state index contributed by atoms with van der Waals surface area (Å²) in [6, 6.07) is 8.09. The van der Waals surface area contributed by atoms with Gasteiger partial charge in [-0.25, -0.2) is 0 Å². The molecule has 0 spiro atoms. The van der Waals surface area contributed by atoms with Crippen LogP contribution in [0, 0.1) is 0 Å². The molecule has 0 aromatic heterocycles. The van der Waals surface area contributed by atoms with Crippen LogP contribution in [0.2, 0.25) is 0 Å². The largest absolute Gasteiger partial charge is 0.497 e. The molecule has 1 aromatic carbocycles. The fraction of sp³-hybridized carbons (Fsp3) is 0.417. The third kappa shape index (κ3) is 5.59. The maximum absolute atomic E-state index is 5.62. The summed E-state index contributed by atoms with van der Waals surface area (Å²) in [5.41, 5.74) is 12.4. The van der Waals surface area contributed by atoms with Crippen molar-refractivity contribution in [3.63, 3.8) is 0 Å². The second-order valence-corrected chi connectivity index (χ2v) is 7.42. The van der Waals surface area contributed by atoms with E-state index < -0.39 is 0 Å². The molecule has 0 saturated heterocycles. The summed E-state index contributed by atoms with van der Waals surface area (Å²) < 4.78 is 5.13. The highest BCUT2D eigenvalue weighted by Crippen LogP contribution is 2.30. The first-order valence-corrected chi connectivity index (χ1v) is 8.48. The maximum atomic E-state index is 5.62. The fourth-order valence-electron chi connectivity index (χ4n) is 1.26. The van der Waals surface area contributed by atoms with Crippen molar-refractivity contribution >= 4 is 25.7 Å². The van der Waals surface area contributed by atoms with Crippen LogP contribution >= 0.6 is 20.3 Å². The Balaban J connectivity index is 2.72. The van der Waals surface area contributed by atoms with Crippen LogP contribution in [-0.4, -0.2) is 37.1 Å². The lowest BCUT2D eigenvalue weighted by atomic mass is 10.2. The molecule has 0 bridgehead atoms. The SMILES string of the molecule is COc1ccc(C=S(CCN)SCCN)cc1. The molecule has 5 heteroatoms. The molecule has 3 nitrogen and oxygen atoms in total. The zero-order chi connectivity index (χ0) is 12.5. The molecule has 1 unspecified atom stereocenters. The zero-order valence-corrected chi connectivity index (χ0v) is 11.7. The second kappa shape index (κ2) is 8.58. The first kappa shape index (κ1) is 14.6. The van der Waals surface area contributed by atoms with Crippen molar-refractivity contribution in [2.45, 2.75) is 0 Å². The highest BCUT2D eigenvalue weighted by atomic mass is 33.1. The Labute approximate surface area is 109 Å². The van der Waals surface area contributed by atoms with E-state index in [0.717, 1.165) is 23.8 Å². The van der Waals surface area contributed by atoms with E-state index in [2.05, 4.69) is 17.5 Å². The van der Waals surface area contributed by atoms with Crippen molar-refractivity contribution in [3.8, 4) is 5.75 Å². The standard InChI is InChI=1S/C12H20N2OS2/c1-15-12-4-2-11(3-5-12)10-17(9-7-14)16-8-6-13/h2-5,10H,6-9,13-14H2,1H3. The summed E-state index contributed by atoms with van der Waals surface area (Å²) in [6.07, 6.45) is 0. The highest BCUT2D eigenvalue weighted by molar-refractivity contribution is 8.83. The van der Waals surface area contributed by atoms with Crippen LogP contribution in [0.25, 0.3) is 0 Å². The van der Waals surface area contributed by atoms with Gasteiger partial charge in [0, 0.05) is 24.6 Å². The Bertz CT molecular complexity index is 352. The zero-order valence-electron chi connectivity index (χ0n) is 10.1. The Kier molecular flexibility index (Phi) is 7.35. The minimum atomic E-state index is 0.162. The summed E-state index contributed by atoms with van der Waals surface area (Å²) in [5.74, 6) is 2.88. The number of ether oxygens (including phenoxy) is 1. The van der Waals surface area contributed by atoms with Gasteiger partial charge >= 0.3 is 0 Å².